The molecule has 108 valence electrons. The predicted octanol–water partition coefficient (Wildman–Crippen LogP) is 4.93. The monoisotopic (exact) mass is 351 g/mol. The molecular formula is C19H14BrNO. The van der Waals surface area contributed by atoms with Crippen LogP contribution in [0.4, 0.5) is 0 Å². The molecule has 0 heterocycles. The van der Waals surface area contributed by atoms with E-state index >= 15 is 0 Å². The highest BCUT2D eigenvalue weighted by Crippen LogP contribution is 2.37. The van der Waals surface area contributed by atoms with Gasteiger partial charge in [-0.1, -0.05) is 69.6 Å². The number of oxime groups is 1. The van der Waals surface area contributed by atoms with Gasteiger partial charge in [-0.05, 0) is 40.8 Å². The van der Waals surface area contributed by atoms with Gasteiger partial charge in [-0.15, -0.1) is 0 Å². The summed E-state index contributed by atoms with van der Waals surface area (Å²) in [6, 6.07) is 18.3. The minimum Gasteiger partial charge on any atom is -0.410 e. The van der Waals surface area contributed by atoms with Crippen molar-refractivity contribution in [3.8, 4) is 0 Å². The highest BCUT2D eigenvalue weighted by Gasteiger charge is 2.22. The summed E-state index contributed by atoms with van der Waals surface area (Å²) in [4.78, 5) is 0. The van der Waals surface area contributed by atoms with Gasteiger partial charge in [-0.3, -0.25) is 0 Å². The average molecular weight is 352 g/mol. The van der Waals surface area contributed by atoms with Gasteiger partial charge in [0.25, 0.3) is 0 Å². The van der Waals surface area contributed by atoms with Gasteiger partial charge in [0.05, 0.1) is 0 Å². The van der Waals surface area contributed by atoms with E-state index in [9.17, 15) is 5.21 Å². The van der Waals surface area contributed by atoms with E-state index in [1.165, 1.54) is 21.9 Å². The van der Waals surface area contributed by atoms with Crippen LogP contribution in [-0.2, 0) is 12.8 Å². The van der Waals surface area contributed by atoms with Crippen molar-refractivity contribution in [2.45, 2.75) is 12.8 Å². The van der Waals surface area contributed by atoms with E-state index in [0.29, 0.717) is 5.71 Å². The van der Waals surface area contributed by atoms with Crippen LogP contribution in [0.2, 0.25) is 0 Å². The average Bonchev–Trinajstić information content (AvgIpc) is 2.99. The first kappa shape index (κ1) is 13.5. The Bertz CT molecular complexity index is 900. The standard InChI is InChI=1S/C19H14BrNO/c20-17-11-7-12-6-8-14-15(9-10-16(17)18(12)14)19(21-22)13-4-2-1-3-5-13/h1-5,7,9-11,22H,6,8H2/b21-19+. The summed E-state index contributed by atoms with van der Waals surface area (Å²) in [6.45, 7) is 0. The molecule has 0 saturated heterocycles. The number of benzene rings is 3. The van der Waals surface area contributed by atoms with Gasteiger partial charge in [-0.25, -0.2) is 0 Å². The largest absolute Gasteiger partial charge is 0.410 e. The van der Waals surface area contributed by atoms with Gasteiger partial charge < -0.3 is 5.21 Å². The maximum atomic E-state index is 9.58. The fourth-order valence-electron chi connectivity index (χ4n) is 3.37. The highest BCUT2D eigenvalue weighted by atomic mass is 79.9. The van der Waals surface area contributed by atoms with E-state index in [-0.39, 0.29) is 0 Å². The third-order valence-corrected chi connectivity index (χ3v) is 5.06. The van der Waals surface area contributed by atoms with E-state index in [4.69, 9.17) is 0 Å². The number of hydrogen-bond donors (Lipinski definition) is 1. The molecule has 1 aliphatic carbocycles. The molecule has 22 heavy (non-hydrogen) atoms. The Morgan fingerprint density at radius 2 is 1.77 bits per heavy atom. The normalized spacial score (nSPS) is 13.8. The van der Waals surface area contributed by atoms with Gasteiger partial charge in [0, 0.05) is 15.6 Å². The Hall–Kier alpha value is -2.13. The molecule has 3 aromatic rings. The number of halogens is 1. The van der Waals surface area contributed by atoms with Crippen molar-refractivity contribution in [1.29, 1.82) is 0 Å². The Labute approximate surface area is 137 Å². The minimum absolute atomic E-state index is 0.644. The second-order valence-corrected chi connectivity index (χ2v) is 6.39. The highest BCUT2D eigenvalue weighted by molar-refractivity contribution is 9.10. The summed E-state index contributed by atoms with van der Waals surface area (Å²) in [7, 11) is 0. The molecule has 0 radical (unpaired) electrons. The lowest BCUT2D eigenvalue weighted by atomic mass is 9.94. The fourth-order valence-corrected chi connectivity index (χ4v) is 3.84. The van der Waals surface area contributed by atoms with E-state index in [1.807, 2.05) is 30.3 Å². The lowest BCUT2D eigenvalue weighted by Gasteiger charge is -2.12. The molecule has 2 nitrogen and oxygen atoms in total. The summed E-state index contributed by atoms with van der Waals surface area (Å²) in [5, 5.41) is 15.7. The van der Waals surface area contributed by atoms with Gasteiger partial charge >= 0.3 is 0 Å². The molecule has 4 rings (SSSR count). The van der Waals surface area contributed by atoms with Crippen molar-refractivity contribution in [2.75, 3.05) is 0 Å². The van der Waals surface area contributed by atoms with E-state index in [0.717, 1.165) is 28.4 Å². The Morgan fingerprint density at radius 3 is 2.55 bits per heavy atom. The predicted molar refractivity (Wildman–Crippen MR) is 92.9 cm³/mol. The molecule has 1 N–H and O–H groups in total. The lowest BCUT2D eigenvalue weighted by molar-refractivity contribution is 0.319. The minimum atomic E-state index is 0.644. The van der Waals surface area contributed by atoms with Gasteiger partial charge in [0.2, 0.25) is 0 Å². The second-order valence-electron chi connectivity index (χ2n) is 5.54. The fraction of sp³-hybridized carbons (Fsp3) is 0.105. The van der Waals surface area contributed by atoms with Crippen LogP contribution in [0.5, 0.6) is 0 Å². The molecule has 0 amide bonds. The molecule has 0 aromatic heterocycles. The second kappa shape index (κ2) is 5.25. The van der Waals surface area contributed by atoms with Crippen molar-refractivity contribution >= 4 is 32.4 Å². The van der Waals surface area contributed by atoms with Gasteiger partial charge in [-0.2, -0.15) is 0 Å². The number of aryl methyl sites for hydroxylation is 2. The summed E-state index contributed by atoms with van der Waals surface area (Å²) in [5.74, 6) is 0. The van der Waals surface area contributed by atoms with E-state index in [2.05, 4.69) is 45.4 Å². The first-order chi connectivity index (χ1) is 10.8. The Balaban J connectivity index is 1.99. The number of nitrogens with zero attached hydrogens (tertiary/aromatic N) is 1. The van der Waals surface area contributed by atoms with Crippen LogP contribution in [0, 0.1) is 0 Å². The third-order valence-electron chi connectivity index (χ3n) is 4.37. The van der Waals surface area contributed by atoms with Gasteiger partial charge in [0.15, 0.2) is 0 Å². The van der Waals surface area contributed by atoms with Crippen LogP contribution in [0.15, 0.2) is 64.2 Å². The Morgan fingerprint density at radius 1 is 0.955 bits per heavy atom. The molecule has 0 fully saturated rings. The lowest BCUT2D eigenvalue weighted by Crippen LogP contribution is -2.06. The van der Waals surface area contributed by atoms with Crippen molar-refractivity contribution in [1.82, 2.24) is 0 Å². The topological polar surface area (TPSA) is 32.6 Å². The molecule has 0 spiro atoms. The van der Waals surface area contributed by atoms with E-state index in [1.54, 1.807) is 0 Å². The van der Waals surface area contributed by atoms with Crippen LogP contribution in [0.1, 0.15) is 22.3 Å². The van der Waals surface area contributed by atoms with Crippen molar-refractivity contribution < 1.29 is 5.21 Å². The zero-order chi connectivity index (χ0) is 15.1. The van der Waals surface area contributed by atoms with Crippen molar-refractivity contribution in [3.05, 3.63) is 81.3 Å². The summed E-state index contributed by atoms with van der Waals surface area (Å²) in [5.41, 5.74) is 5.26. The number of hydrogen-bond acceptors (Lipinski definition) is 2. The molecule has 0 atom stereocenters. The van der Waals surface area contributed by atoms with Crippen molar-refractivity contribution in [3.63, 3.8) is 0 Å². The van der Waals surface area contributed by atoms with Crippen LogP contribution in [0.3, 0.4) is 0 Å². The van der Waals surface area contributed by atoms with E-state index < -0.39 is 0 Å². The summed E-state index contributed by atoms with van der Waals surface area (Å²) < 4.78 is 1.11. The smallest absolute Gasteiger partial charge is 0.117 e. The zero-order valence-electron chi connectivity index (χ0n) is 11.9. The zero-order valence-corrected chi connectivity index (χ0v) is 13.5. The first-order valence-electron chi connectivity index (χ1n) is 7.30. The van der Waals surface area contributed by atoms with Crippen molar-refractivity contribution in [2.24, 2.45) is 5.16 Å². The maximum absolute atomic E-state index is 9.58. The SMILES string of the molecule is O/N=C(\c1ccccc1)c1ccc2c(Br)ccc3c2c1CC3. The van der Waals surface area contributed by atoms with Crippen LogP contribution in [0.25, 0.3) is 10.8 Å². The molecule has 0 saturated carbocycles. The maximum Gasteiger partial charge on any atom is 0.117 e. The summed E-state index contributed by atoms with van der Waals surface area (Å²) >= 11 is 3.64. The summed E-state index contributed by atoms with van der Waals surface area (Å²) in [6.07, 6.45) is 2.04. The first-order valence-corrected chi connectivity index (χ1v) is 8.09. The molecule has 3 aromatic carbocycles. The number of rotatable bonds is 2. The van der Waals surface area contributed by atoms with Crippen LogP contribution in [-0.4, -0.2) is 10.9 Å². The molecule has 1 aliphatic rings. The molecule has 0 bridgehead atoms. The van der Waals surface area contributed by atoms with Crippen LogP contribution < -0.4 is 0 Å². The van der Waals surface area contributed by atoms with Gasteiger partial charge in [0.1, 0.15) is 5.71 Å². The molecule has 0 aliphatic heterocycles. The molecule has 3 heteroatoms. The Kier molecular flexibility index (Phi) is 3.23. The molecule has 0 unspecified atom stereocenters. The third kappa shape index (κ3) is 1.97. The van der Waals surface area contributed by atoms with Crippen LogP contribution >= 0.6 is 15.9 Å². The quantitative estimate of drug-likeness (QED) is 0.396. The molecular weight excluding hydrogens is 338 g/mol.